The molecule has 0 radical (unpaired) electrons. The number of rotatable bonds is 43. The van der Waals surface area contributed by atoms with Crippen LogP contribution in [-0.2, 0) is 82.5 Å². The topological polar surface area (TPSA) is 9.72 Å². The van der Waals surface area contributed by atoms with Gasteiger partial charge in [-0.25, -0.2) is 0 Å². The summed E-state index contributed by atoms with van der Waals surface area (Å²) in [5.74, 6) is 0. The predicted molar refractivity (Wildman–Crippen MR) is 648 cm³/mol. The Morgan fingerprint density at radius 1 is 0.193 bits per heavy atom. The van der Waals surface area contributed by atoms with Crippen LogP contribution < -0.4 is 14.7 Å². The van der Waals surface area contributed by atoms with Crippen molar-refractivity contribution in [3.05, 3.63) is 477 Å². The highest BCUT2D eigenvalue weighted by Crippen LogP contribution is 2.57. The van der Waals surface area contributed by atoms with Crippen LogP contribution in [0.4, 0.5) is 34.1 Å². The lowest BCUT2D eigenvalue weighted by Crippen LogP contribution is -2.25. The van der Waals surface area contributed by atoms with E-state index >= 15 is 0 Å². The van der Waals surface area contributed by atoms with Crippen LogP contribution in [0.5, 0.6) is 0 Å². The SMILES string of the molecule is CCCCCCC1(CCCCCC)c2cc(-c3ccc(C)cc3)ccc2-c2ccc(-c3ccc(N(C)c4cccc(CCCCCCc5ccc6c(c5)CC6)c4)cc3)cc21.Cc1ccc(-c2c3ccccc3c(-c3ccc(N(C)c4cccc(CCCCCCc5ccc6c(c5)CC6)c4)cc3)c3ccccc23)cc1.Cc1ccc(-c2ccc(-c3ccc(N(C)c4cccc(CCCCCCc5ccc6c(c5)CC6)c4)cc3)cc2)cc1. The molecular formula is C147H155N3. The molecule has 4 aliphatic rings. The fourth-order valence-corrected chi connectivity index (χ4v) is 24.1. The number of benzene rings is 18. The smallest absolute Gasteiger partial charge is 0.0410 e. The first-order valence-corrected chi connectivity index (χ1v) is 57.4. The number of hydrogen-bond donors (Lipinski definition) is 0. The molecule has 150 heavy (non-hydrogen) atoms. The normalized spacial score (nSPS) is 12.6. The van der Waals surface area contributed by atoms with Crippen LogP contribution in [0, 0.1) is 20.8 Å². The van der Waals surface area contributed by atoms with E-state index in [1.807, 2.05) is 0 Å². The lowest BCUT2D eigenvalue weighted by molar-refractivity contribution is 0.401. The highest BCUT2D eigenvalue weighted by Gasteiger charge is 2.43. The van der Waals surface area contributed by atoms with Gasteiger partial charge in [-0.3, -0.25) is 0 Å². The Labute approximate surface area is 898 Å². The Morgan fingerprint density at radius 3 is 0.720 bits per heavy atom. The lowest BCUT2D eigenvalue weighted by Gasteiger charge is -2.33. The Bertz CT molecular complexity index is 7490. The molecular weight excluding hydrogens is 1810 g/mol. The van der Waals surface area contributed by atoms with Crippen molar-refractivity contribution >= 4 is 55.7 Å². The van der Waals surface area contributed by atoms with Gasteiger partial charge in [0.05, 0.1) is 0 Å². The van der Waals surface area contributed by atoms with Crippen molar-refractivity contribution < 1.29 is 0 Å². The van der Waals surface area contributed by atoms with E-state index in [1.165, 1.54) is 383 Å². The second-order valence-corrected chi connectivity index (χ2v) is 44.1. The Hall–Kier alpha value is -14.1. The summed E-state index contributed by atoms with van der Waals surface area (Å²) in [4.78, 5) is 6.96. The molecule has 0 N–H and O–H groups in total. The molecule has 3 nitrogen and oxygen atoms in total. The molecule has 0 aromatic heterocycles. The number of hydrogen-bond acceptors (Lipinski definition) is 3. The third-order valence-corrected chi connectivity index (χ3v) is 33.7. The van der Waals surface area contributed by atoms with Crippen LogP contribution in [0.3, 0.4) is 0 Å². The Morgan fingerprint density at radius 2 is 0.440 bits per heavy atom. The average molecular weight is 1960 g/mol. The monoisotopic (exact) mass is 1960 g/mol. The van der Waals surface area contributed by atoms with Crippen molar-refractivity contribution in [3.63, 3.8) is 0 Å². The van der Waals surface area contributed by atoms with Crippen LogP contribution in [0.2, 0.25) is 0 Å². The van der Waals surface area contributed by atoms with Crippen molar-refractivity contribution in [1.82, 2.24) is 0 Å². The van der Waals surface area contributed by atoms with Crippen LogP contribution in [-0.4, -0.2) is 21.1 Å². The summed E-state index contributed by atoms with van der Waals surface area (Å²) in [6.07, 6.45) is 43.1. The van der Waals surface area contributed by atoms with Gasteiger partial charge in [-0.15, -0.1) is 0 Å². The third kappa shape index (κ3) is 24.8. The first-order chi connectivity index (χ1) is 73.7. The predicted octanol–water partition coefficient (Wildman–Crippen LogP) is 40.1. The standard InChI is InChI=1S/C59H69N.C48H45N.C40H41N/c1-5-7-9-15-38-59(39-16-10-8-6-2)57-42-51(47-25-22-44(3)23-26-47)32-36-55(57)56-37-33-52(43-58(56)59)49-30-34-53(35-31-49)60(4)54-21-17-20-45(41-54)18-13-11-12-14-19-46-24-27-48-28-29-50(48)40-46;1-34-20-23-38(24-21-34)47-43-16-7-9-18-45(43)48(46-19-10-8-17-44(46)47)39-28-30-41(31-29-39)49(2)42-15-11-14-35(33-42)12-5-3-4-6-13-36-22-25-37-26-27-40(37)32-36;1-30-12-15-33(16-13-30)34-18-20-35(21-19-34)36-24-26-39(27-25-36)41(2)40-11-7-10-31(29-40)8-5-3-4-6-9-32-14-17-37-22-23-38(37)28-32/h17,20-27,30-37,40-43H,5-16,18-19,28-29,38-39H2,1-4H3;7-11,14-25,28-33H,3-6,12-13,26-27H2,1-2H3;7,10-21,24-29H,3-6,8-9,22-23H2,1-2H3. The summed E-state index contributed by atoms with van der Waals surface area (Å²) in [5.41, 5.74) is 51.1. The second kappa shape index (κ2) is 49.6. The van der Waals surface area contributed by atoms with Crippen LogP contribution >= 0.6 is 0 Å². The highest BCUT2D eigenvalue weighted by molar-refractivity contribution is 6.21. The van der Waals surface area contributed by atoms with E-state index < -0.39 is 0 Å². The summed E-state index contributed by atoms with van der Waals surface area (Å²) >= 11 is 0. The van der Waals surface area contributed by atoms with Crippen molar-refractivity contribution in [2.45, 2.75) is 258 Å². The quantitative estimate of drug-likeness (QED) is 0.0279. The van der Waals surface area contributed by atoms with E-state index in [1.54, 1.807) is 44.5 Å². The van der Waals surface area contributed by atoms with E-state index in [0.717, 1.165) is 19.3 Å². The zero-order valence-corrected chi connectivity index (χ0v) is 90.8. The first kappa shape index (κ1) is 103. The zero-order valence-electron chi connectivity index (χ0n) is 90.8. The molecule has 22 rings (SSSR count). The third-order valence-electron chi connectivity index (χ3n) is 33.7. The molecule has 0 spiro atoms. The van der Waals surface area contributed by atoms with Gasteiger partial charge in [0.25, 0.3) is 0 Å². The van der Waals surface area contributed by atoms with E-state index in [0.29, 0.717) is 0 Å². The minimum absolute atomic E-state index is 0.0384. The molecule has 758 valence electrons. The number of fused-ring (bicyclic) bond motifs is 8. The molecule has 0 fully saturated rings. The van der Waals surface area contributed by atoms with Gasteiger partial charge in [-0.2, -0.15) is 0 Å². The van der Waals surface area contributed by atoms with Gasteiger partial charge in [0.1, 0.15) is 0 Å². The van der Waals surface area contributed by atoms with Gasteiger partial charge in [0, 0.05) is 60.7 Å². The molecule has 3 heteroatoms. The second-order valence-electron chi connectivity index (χ2n) is 44.1. The van der Waals surface area contributed by atoms with Crippen molar-refractivity contribution in [3.8, 4) is 77.9 Å². The van der Waals surface area contributed by atoms with Gasteiger partial charge in [-0.1, -0.05) is 418 Å². The molecule has 0 aliphatic heterocycles. The van der Waals surface area contributed by atoms with Crippen LogP contribution in [0.1, 0.15) is 250 Å². The highest BCUT2D eigenvalue weighted by atomic mass is 15.1. The molecule has 0 heterocycles. The maximum atomic E-state index is 2.59. The fraction of sp³-hybridized carbons (Fsp3) is 0.293. The maximum Gasteiger partial charge on any atom is 0.0410 e. The molecule has 18 aromatic rings. The van der Waals surface area contributed by atoms with Gasteiger partial charge in [-0.05, 0) is 411 Å². The number of anilines is 6. The summed E-state index contributed by atoms with van der Waals surface area (Å²) < 4.78 is 0. The molecule has 0 saturated carbocycles. The Kier molecular flexibility index (Phi) is 34.0. The van der Waals surface area contributed by atoms with Crippen LogP contribution in [0.25, 0.3) is 99.4 Å². The minimum Gasteiger partial charge on any atom is -0.345 e. The molecule has 4 aliphatic carbocycles. The summed E-state index contributed by atoms with van der Waals surface area (Å²) in [6, 6.07) is 145. The molecule has 0 bridgehead atoms. The Balaban J connectivity index is 0.000000138. The van der Waals surface area contributed by atoms with E-state index in [9.17, 15) is 0 Å². The number of aryl methyl sites for hydroxylation is 15. The van der Waals surface area contributed by atoms with Gasteiger partial charge < -0.3 is 14.7 Å². The summed E-state index contributed by atoms with van der Waals surface area (Å²) in [7, 11) is 6.57. The fourth-order valence-electron chi connectivity index (χ4n) is 24.1. The van der Waals surface area contributed by atoms with Crippen molar-refractivity contribution in [2.24, 2.45) is 0 Å². The largest absolute Gasteiger partial charge is 0.345 e. The molecule has 0 atom stereocenters. The van der Waals surface area contributed by atoms with Gasteiger partial charge in [0.2, 0.25) is 0 Å². The summed E-state index contributed by atoms with van der Waals surface area (Å²) in [5, 5.41) is 5.17. The van der Waals surface area contributed by atoms with Crippen molar-refractivity contribution in [1.29, 1.82) is 0 Å². The molecule has 18 aromatic carbocycles. The van der Waals surface area contributed by atoms with Gasteiger partial charge in [0.15, 0.2) is 0 Å². The molecule has 0 unspecified atom stereocenters. The maximum absolute atomic E-state index is 2.59. The van der Waals surface area contributed by atoms with E-state index in [-0.39, 0.29) is 5.41 Å². The number of nitrogens with zero attached hydrogens (tertiary/aromatic N) is 3. The van der Waals surface area contributed by atoms with Gasteiger partial charge >= 0.3 is 0 Å². The van der Waals surface area contributed by atoms with E-state index in [4.69, 9.17) is 0 Å². The van der Waals surface area contributed by atoms with Crippen molar-refractivity contribution in [2.75, 3.05) is 35.8 Å². The first-order valence-electron chi connectivity index (χ1n) is 57.4. The average Bonchev–Trinajstić information content (AvgIpc) is 1.36. The van der Waals surface area contributed by atoms with Crippen LogP contribution in [0.15, 0.2) is 382 Å². The molecule has 0 saturated heterocycles. The zero-order chi connectivity index (χ0) is 102. The molecule has 0 amide bonds. The minimum atomic E-state index is 0.0384. The van der Waals surface area contributed by atoms with E-state index in [2.05, 4.69) is 453 Å². The lowest BCUT2D eigenvalue weighted by atomic mass is 9.70. The number of unbranched alkanes of at least 4 members (excludes halogenated alkanes) is 15. The summed E-state index contributed by atoms with van der Waals surface area (Å²) in [6.45, 7) is 11.1.